The third kappa shape index (κ3) is 2.73. The Hall–Kier alpha value is -1.75. The SMILES string of the molecule is Cc1cc(CNC(=O)c2scnc2C)ccc1F. The normalized spacial score (nSPS) is 10.4. The van der Waals surface area contributed by atoms with Crippen molar-refractivity contribution in [3.05, 3.63) is 51.2 Å². The fourth-order valence-electron chi connectivity index (χ4n) is 1.60. The summed E-state index contributed by atoms with van der Waals surface area (Å²) in [7, 11) is 0. The Bertz CT molecular complexity index is 580. The minimum absolute atomic E-state index is 0.142. The van der Waals surface area contributed by atoms with Crippen molar-refractivity contribution in [2.24, 2.45) is 0 Å². The standard InChI is InChI=1S/C13H13FN2OS/c1-8-5-10(3-4-11(8)14)6-15-13(17)12-9(2)16-7-18-12/h3-5,7H,6H2,1-2H3,(H,15,17). The number of hydrogen-bond acceptors (Lipinski definition) is 3. The molecule has 0 aliphatic carbocycles. The van der Waals surface area contributed by atoms with Crippen LogP contribution in [-0.2, 0) is 6.54 Å². The van der Waals surface area contributed by atoms with Crippen molar-refractivity contribution in [2.75, 3.05) is 0 Å². The molecule has 0 fully saturated rings. The van der Waals surface area contributed by atoms with E-state index in [-0.39, 0.29) is 11.7 Å². The van der Waals surface area contributed by atoms with E-state index in [4.69, 9.17) is 0 Å². The van der Waals surface area contributed by atoms with Crippen molar-refractivity contribution >= 4 is 17.2 Å². The molecular weight excluding hydrogens is 251 g/mol. The van der Waals surface area contributed by atoms with Crippen LogP contribution in [0.4, 0.5) is 4.39 Å². The number of aryl methyl sites for hydroxylation is 2. The zero-order valence-electron chi connectivity index (χ0n) is 10.2. The van der Waals surface area contributed by atoms with Gasteiger partial charge in [0.05, 0.1) is 11.2 Å². The maximum absolute atomic E-state index is 13.1. The number of hydrogen-bond donors (Lipinski definition) is 1. The number of benzene rings is 1. The topological polar surface area (TPSA) is 42.0 Å². The average molecular weight is 264 g/mol. The lowest BCUT2D eigenvalue weighted by Crippen LogP contribution is -2.22. The van der Waals surface area contributed by atoms with E-state index in [0.29, 0.717) is 17.0 Å². The predicted octanol–water partition coefficient (Wildman–Crippen LogP) is 2.83. The highest BCUT2D eigenvalue weighted by atomic mass is 32.1. The summed E-state index contributed by atoms with van der Waals surface area (Å²) in [6.45, 7) is 3.89. The van der Waals surface area contributed by atoms with Gasteiger partial charge in [0.2, 0.25) is 0 Å². The lowest BCUT2D eigenvalue weighted by Gasteiger charge is -2.05. The molecule has 0 spiro atoms. The van der Waals surface area contributed by atoms with Crippen molar-refractivity contribution in [1.82, 2.24) is 10.3 Å². The lowest BCUT2D eigenvalue weighted by atomic mass is 10.1. The molecule has 1 aromatic heterocycles. The Balaban J connectivity index is 2.02. The maximum Gasteiger partial charge on any atom is 0.263 e. The van der Waals surface area contributed by atoms with Crippen LogP contribution < -0.4 is 5.32 Å². The minimum atomic E-state index is -0.233. The molecule has 94 valence electrons. The molecule has 0 saturated heterocycles. The maximum atomic E-state index is 13.1. The Morgan fingerprint density at radius 1 is 1.44 bits per heavy atom. The van der Waals surface area contributed by atoms with Gasteiger partial charge in [0.15, 0.2) is 0 Å². The highest BCUT2D eigenvalue weighted by Gasteiger charge is 2.11. The van der Waals surface area contributed by atoms with Crippen LogP contribution in [0.25, 0.3) is 0 Å². The average Bonchev–Trinajstić information content (AvgIpc) is 2.77. The zero-order chi connectivity index (χ0) is 13.1. The first-order valence-corrected chi connectivity index (χ1v) is 6.39. The summed E-state index contributed by atoms with van der Waals surface area (Å²) in [6.07, 6.45) is 0. The van der Waals surface area contributed by atoms with Gasteiger partial charge in [0, 0.05) is 6.54 Å². The van der Waals surface area contributed by atoms with Crippen LogP contribution >= 0.6 is 11.3 Å². The number of nitrogens with one attached hydrogen (secondary N) is 1. The summed E-state index contributed by atoms with van der Waals surface area (Å²) in [6, 6.07) is 4.81. The molecule has 18 heavy (non-hydrogen) atoms. The van der Waals surface area contributed by atoms with Gasteiger partial charge >= 0.3 is 0 Å². The van der Waals surface area contributed by atoms with Crippen molar-refractivity contribution in [1.29, 1.82) is 0 Å². The van der Waals surface area contributed by atoms with Crippen molar-refractivity contribution in [2.45, 2.75) is 20.4 Å². The predicted molar refractivity (Wildman–Crippen MR) is 69.2 cm³/mol. The van der Waals surface area contributed by atoms with Gasteiger partial charge in [-0.2, -0.15) is 0 Å². The largest absolute Gasteiger partial charge is 0.347 e. The van der Waals surface area contributed by atoms with Gasteiger partial charge in [-0.25, -0.2) is 9.37 Å². The summed E-state index contributed by atoms with van der Waals surface area (Å²) in [4.78, 5) is 16.5. The van der Waals surface area contributed by atoms with Crippen LogP contribution in [0.3, 0.4) is 0 Å². The number of thiazole rings is 1. The molecule has 1 amide bonds. The van der Waals surface area contributed by atoms with Gasteiger partial charge in [-0.3, -0.25) is 4.79 Å². The smallest absolute Gasteiger partial charge is 0.263 e. The molecule has 0 unspecified atom stereocenters. The van der Waals surface area contributed by atoms with E-state index in [2.05, 4.69) is 10.3 Å². The van der Waals surface area contributed by atoms with E-state index >= 15 is 0 Å². The number of nitrogens with zero attached hydrogens (tertiary/aromatic N) is 1. The molecule has 0 atom stereocenters. The van der Waals surface area contributed by atoms with Crippen molar-refractivity contribution in [3.63, 3.8) is 0 Å². The van der Waals surface area contributed by atoms with Gasteiger partial charge in [-0.1, -0.05) is 12.1 Å². The zero-order valence-corrected chi connectivity index (χ0v) is 11.0. The second kappa shape index (κ2) is 5.27. The summed E-state index contributed by atoms with van der Waals surface area (Å²) in [5, 5.41) is 2.80. The van der Waals surface area contributed by atoms with Crippen LogP contribution in [0.2, 0.25) is 0 Å². The number of amides is 1. The molecule has 0 aliphatic rings. The number of carbonyl (C=O) groups is 1. The Morgan fingerprint density at radius 2 is 2.22 bits per heavy atom. The van der Waals surface area contributed by atoms with Gasteiger partial charge in [0.25, 0.3) is 5.91 Å². The molecule has 1 N–H and O–H groups in total. The van der Waals surface area contributed by atoms with Crippen molar-refractivity contribution < 1.29 is 9.18 Å². The summed E-state index contributed by atoms with van der Waals surface area (Å²) < 4.78 is 13.1. The highest BCUT2D eigenvalue weighted by Crippen LogP contribution is 2.13. The molecule has 3 nitrogen and oxygen atoms in total. The highest BCUT2D eigenvalue weighted by molar-refractivity contribution is 7.11. The van der Waals surface area contributed by atoms with Gasteiger partial charge in [-0.15, -0.1) is 11.3 Å². The molecule has 2 aromatic rings. The van der Waals surface area contributed by atoms with E-state index in [0.717, 1.165) is 11.3 Å². The van der Waals surface area contributed by atoms with E-state index < -0.39 is 0 Å². The molecular formula is C13H13FN2OS. The van der Waals surface area contributed by atoms with E-state index in [1.807, 2.05) is 0 Å². The molecule has 0 bridgehead atoms. The van der Waals surface area contributed by atoms with Gasteiger partial charge in [-0.05, 0) is 31.0 Å². The first kappa shape index (κ1) is 12.7. The molecule has 1 aromatic carbocycles. The fraction of sp³-hybridized carbons (Fsp3) is 0.231. The molecule has 0 saturated carbocycles. The number of rotatable bonds is 3. The molecule has 0 radical (unpaired) electrons. The third-order valence-corrected chi connectivity index (χ3v) is 3.55. The lowest BCUT2D eigenvalue weighted by molar-refractivity contribution is 0.0954. The quantitative estimate of drug-likeness (QED) is 0.926. The number of aromatic nitrogens is 1. The second-order valence-corrected chi connectivity index (χ2v) is 4.89. The van der Waals surface area contributed by atoms with Crippen molar-refractivity contribution in [3.8, 4) is 0 Å². The second-order valence-electron chi connectivity index (χ2n) is 4.03. The number of halogens is 1. The van der Waals surface area contributed by atoms with Gasteiger partial charge in [0.1, 0.15) is 10.7 Å². The fourth-order valence-corrected chi connectivity index (χ4v) is 2.32. The Morgan fingerprint density at radius 3 is 2.83 bits per heavy atom. The Labute approximate surface area is 109 Å². The van der Waals surface area contributed by atoms with Gasteiger partial charge < -0.3 is 5.32 Å². The van der Waals surface area contributed by atoms with Crippen LogP contribution in [-0.4, -0.2) is 10.9 Å². The van der Waals surface area contributed by atoms with Crippen LogP contribution in [0.15, 0.2) is 23.7 Å². The van der Waals surface area contributed by atoms with E-state index in [9.17, 15) is 9.18 Å². The molecule has 2 rings (SSSR count). The van der Waals surface area contributed by atoms with E-state index in [1.54, 1.807) is 31.5 Å². The number of carbonyl (C=O) groups excluding carboxylic acids is 1. The van der Waals surface area contributed by atoms with Crippen LogP contribution in [0, 0.1) is 19.7 Å². The van der Waals surface area contributed by atoms with Crippen LogP contribution in [0.5, 0.6) is 0 Å². The Kier molecular flexibility index (Phi) is 3.72. The summed E-state index contributed by atoms with van der Waals surface area (Å²) >= 11 is 1.32. The minimum Gasteiger partial charge on any atom is -0.347 e. The monoisotopic (exact) mass is 264 g/mol. The molecule has 5 heteroatoms. The molecule has 0 aliphatic heterocycles. The summed E-state index contributed by atoms with van der Waals surface area (Å²) in [5.74, 6) is -0.375. The summed E-state index contributed by atoms with van der Waals surface area (Å²) in [5.41, 5.74) is 3.83. The first-order chi connectivity index (χ1) is 8.58. The van der Waals surface area contributed by atoms with E-state index in [1.165, 1.54) is 17.4 Å². The third-order valence-electron chi connectivity index (χ3n) is 2.63. The molecule has 1 heterocycles. The van der Waals surface area contributed by atoms with Crippen LogP contribution in [0.1, 0.15) is 26.5 Å². The first-order valence-electron chi connectivity index (χ1n) is 5.51.